The minimum absolute atomic E-state index is 0. The Balaban J connectivity index is 0.00000361. The van der Waals surface area contributed by atoms with E-state index in [9.17, 15) is 18.0 Å². The van der Waals surface area contributed by atoms with Crippen LogP contribution in [0.2, 0.25) is 0 Å². The summed E-state index contributed by atoms with van der Waals surface area (Å²) in [6.45, 7) is 2.25. The molecule has 1 aromatic carbocycles. The Morgan fingerprint density at radius 3 is 2.55 bits per heavy atom. The minimum Gasteiger partial charge on any atom is -0.326 e. The molecule has 7 heteroatoms. The first-order valence-corrected chi connectivity index (χ1v) is 5.93. The summed E-state index contributed by atoms with van der Waals surface area (Å²) in [5.74, 6) is -0.477. The van der Waals surface area contributed by atoms with Gasteiger partial charge in [0.2, 0.25) is 5.91 Å². The van der Waals surface area contributed by atoms with Gasteiger partial charge in [0.25, 0.3) is 0 Å². The summed E-state index contributed by atoms with van der Waals surface area (Å²) in [4.78, 5) is 11.7. The zero-order chi connectivity index (χ0) is 14.5. The van der Waals surface area contributed by atoms with Gasteiger partial charge < -0.3 is 10.6 Å². The molecule has 0 saturated carbocycles. The Hall–Kier alpha value is -1.27. The van der Waals surface area contributed by atoms with Crippen LogP contribution >= 0.6 is 12.4 Å². The lowest BCUT2D eigenvalue weighted by Crippen LogP contribution is -2.28. The lowest BCUT2D eigenvalue weighted by molar-refractivity contribution is -0.127. The SMILES string of the molecule is CNCC(C)C(=O)Nc1cccc(CC(F)(F)F)c1.Cl. The van der Waals surface area contributed by atoms with Crippen molar-refractivity contribution in [3.8, 4) is 0 Å². The fourth-order valence-electron chi connectivity index (χ4n) is 1.65. The van der Waals surface area contributed by atoms with Crippen molar-refractivity contribution in [2.75, 3.05) is 18.9 Å². The van der Waals surface area contributed by atoms with Gasteiger partial charge in [-0.25, -0.2) is 0 Å². The summed E-state index contributed by atoms with van der Waals surface area (Å²) in [5, 5.41) is 5.47. The summed E-state index contributed by atoms with van der Waals surface area (Å²) >= 11 is 0. The molecule has 1 unspecified atom stereocenters. The van der Waals surface area contributed by atoms with Gasteiger partial charge >= 0.3 is 6.18 Å². The van der Waals surface area contributed by atoms with Crippen LogP contribution in [0.3, 0.4) is 0 Å². The summed E-state index contributed by atoms with van der Waals surface area (Å²) < 4.78 is 36.8. The first-order valence-electron chi connectivity index (χ1n) is 5.93. The number of anilines is 1. The van der Waals surface area contributed by atoms with E-state index >= 15 is 0 Å². The molecule has 1 rings (SSSR count). The van der Waals surface area contributed by atoms with E-state index in [-0.39, 0.29) is 29.8 Å². The Morgan fingerprint density at radius 2 is 2.00 bits per heavy atom. The number of hydrogen-bond acceptors (Lipinski definition) is 2. The molecule has 0 spiro atoms. The molecule has 1 amide bonds. The normalized spacial score (nSPS) is 12.4. The van der Waals surface area contributed by atoms with Crippen LogP contribution in [0.25, 0.3) is 0 Å². The van der Waals surface area contributed by atoms with Crippen molar-refractivity contribution in [1.29, 1.82) is 0 Å². The van der Waals surface area contributed by atoms with E-state index in [1.54, 1.807) is 20.0 Å². The monoisotopic (exact) mass is 310 g/mol. The molecule has 0 aliphatic rings. The average molecular weight is 311 g/mol. The van der Waals surface area contributed by atoms with Gasteiger partial charge in [-0.2, -0.15) is 13.2 Å². The van der Waals surface area contributed by atoms with Gasteiger partial charge in [0.05, 0.1) is 6.42 Å². The molecule has 1 atom stereocenters. The molecule has 114 valence electrons. The molecule has 0 radical (unpaired) electrons. The van der Waals surface area contributed by atoms with Crippen LogP contribution < -0.4 is 10.6 Å². The van der Waals surface area contributed by atoms with Gasteiger partial charge in [0.1, 0.15) is 0 Å². The quantitative estimate of drug-likeness (QED) is 0.878. The molecule has 2 N–H and O–H groups in total. The average Bonchev–Trinajstić information content (AvgIpc) is 2.27. The summed E-state index contributed by atoms with van der Waals surface area (Å²) in [6, 6.07) is 5.81. The van der Waals surface area contributed by atoms with Gasteiger partial charge in [-0.3, -0.25) is 4.79 Å². The molecule has 0 saturated heterocycles. The van der Waals surface area contributed by atoms with Crippen LogP contribution in [0.4, 0.5) is 18.9 Å². The van der Waals surface area contributed by atoms with Crippen molar-refractivity contribution < 1.29 is 18.0 Å². The number of carbonyl (C=O) groups is 1. The Kier molecular flexibility index (Phi) is 7.60. The zero-order valence-electron chi connectivity index (χ0n) is 11.3. The van der Waals surface area contributed by atoms with Crippen LogP contribution in [0.15, 0.2) is 24.3 Å². The highest BCUT2D eigenvalue weighted by Crippen LogP contribution is 2.23. The van der Waals surface area contributed by atoms with Crippen molar-refractivity contribution in [3.05, 3.63) is 29.8 Å². The fourth-order valence-corrected chi connectivity index (χ4v) is 1.65. The first-order chi connectivity index (χ1) is 8.81. The molecule has 20 heavy (non-hydrogen) atoms. The van der Waals surface area contributed by atoms with E-state index in [1.165, 1.54) is 18.2 Å². The molecule has 3 nitrogen and oxygen atoms in total. The van der Waals surface area contributed by atoms with Gasteiger partial charge in [0, 0.05) is 18.2 Å². The second-order valence-corrected chi connectivity index (χ2v) is 4.44. The standard InChI is InChI=1S/C13H17F3N2O.ClH/c1-9(8-17-2)12(19)18-11-5-3-4-10(6-11)7-13(14,15)16;/h3-6,9,17H,7-8H2,1-2H3,(H,18,19);1H. The number of amides is 1. The van der Waals surface area contributed by atoms with Crippen molar-refractivity contribution in [3.63, 3.8) is 0 Å². The second kappa shape index (κ2) is 8.11. The topological polar surface area (TPSA) is 41.1 Å². The number of rotatable bonds is 5. The molecule has 0 heterocycles. The molecule has 0 fully saturated rings. The predicted molar refractivity (Wildman–Crippen MR) is 75.2 cm³/mol. The van der Waals surface area contributed by atoms with Crippen molar-refractivity contribution in [2.45, 2.75) is 19.5 Å². The maximum Gasteiger partial charge on any atom is 0.393 e. The number of nitrogens with one attached hydrogen (secondary N) is 2. The maximum absolute atomic E-state index is 12.3. The summed E-state index contributed by atoms with van der Waals surface area (Å²) in [6.07, 6.45) is -5.25. The highest BCUT2D eigenvalue weighted by molar-refractivity contribution is 5.92. The summed E-state index contributed by atoms with van der Waals surface area (Å²) in [7, 11) is 1.73. The largest absolute Gasteiger partial charge is 0.393 e. The third-order valence-electron chi connectivity index (χ3n) is 2.56. The lowest BCUT2D eigenvalue weighted by Gasteiger charge is -2.13. The van der Waals surface area contributed by atoms with E-state index in [0.717, 1.165) is 0 Å². The fraction of sp³-hybridized carbons (Fsp3) is 0.462. The Morgan fingerprint density at radius 1 is 1.35 bits per heavy atom. The van der Waals surface area contributed by atoms with Gasteiger partial charge in [0.15, 0.2) is 0 Å². The van der Waals surface area contributed by atoms with E-state index in [4.69, 9.17) is 0 Å². The third-order valence-corrected chi connectivity index (χ3v) is 2.56. The van der Waals surface area contributed by atoms with Crippen LogP contribution in [0.5, 0.6) is 0 Å². The van der Waals surface area contributed by atoms with Crippen molar-refractivity contribution in [1.82, 2.24) is 5.32 Å². The Labute approximate surface area is 122 Å². The van der Waals surface area contributed by atoms with E-state index < -0.39 is 12.6 Å². The molecule has 0 aromatic heterocycles. The van der Waals surface area contributed by atoms with E-state index in [1.807, 2.05) is 0 Å². The number of halogens is 4. The molecular weight excluding hydrogens is 293 g/mol. The molecule has 0 bridgehead atoms. The number of hydrogen-bond donors (Lipinski definition) is 2. The molecule has 0 aliphatic heterocycles. The van der Waals surface area contributed by atoms with Crippen LogP contribution in [-0.4, -0.2) is 25.7 Å². The van der Waals surface area contributed by atoms with Gasteiger partial charge in [-0.05, 0) is 24.7 Å². The summed E-state index contributed by atoms with van der Waals surface area (Å²) in [5.41, 5.74) is 0.515. The third kappa shape index (κ3) is 6.77. The van der Waals surface area contributed by atoms with E-state index in [2.05, 4.69) is 10.6 Å². The van der Waals surface area contributed by atoms with Crippen molar-refractivity contribution in [2.24, 2.45) is 5.92 Å². The highest BCUT2D eigenvalue weighted by Gasteiger charge is 2.27. The predicted octanol–water partition coefficient (Wildman–Crippen LogP) is 3.01. The first kappa shape index (κ1) is 18.7. The van der Waals surface area contributed by atoms with E-state index in [0.29, 0.717) is 12.2 Å². The number of alkyl halides is 3. The molecule has 0 aliphatic carbocycles. The maximum atomic E-state index is 12.3. The number of benzene rings is 1. The smallest absolute Gasteiger partial charge is 0.326 e. The molecular formula is C13H18ClF3N2O. The van der Waals surface area contributed by atoms with Crippen LogP contribution in [0, 0.1) is 5.92 Å². The zero-order valence-corrected chi connectivity index (χ0v) is 12.1. The Bertz CT molecular complexity index is 438. The highest BCUT2D eigenvalue weighted by atomic mass is 35.5. The molecule has 1 aromatic rings. The van der Waals surface area contributed by atoms with Gasteiger partial charge in [-0.1, -0.05) is 19.1 Å². The number of carbonyl (C=O) groups excluding carboxylic acids is 1. The van der Waals surface area contributed by atoms with Crippen LogP contribution in [-0.2, 0) is 11.2 Å². The minimum atomic E-state index is -4.25. The van der Waals surface area contributed by atoms with Crippen molar-refractivity contribution >= 4 is 24.0 Å². The van der Waals surface area contributed by atoms with Gasteiger partial charge in [-0.15, -0.1) is 12.4 Å². The second-order valence-electron chi connectivity index (χ2n) is 4.44. The lowest BCUT2D eigenvalue weighted by atomic mass is 10.1. The van der Waals surface area contributed by atoms with Crippen LogP contribution in [0.1, 0.15) is 12.5 Å².